The third-order valence-corrected chi connectivity index (χ3v) is 4.66. The summed E-state index contributed by atoms with van der Waals surface area (Å²) in [6.45, 7) is 5.58. The first-order valence-electron chi connectivity index (χ1n) is 8.48. The van der Waals surface area contributed by atoms with Crippen LogP contribution < -0.4 is 10.6 Å². The number of rotatable bonds is 7. The molecule has 4 nitrogen and oxygen atoms in total. The zero-order valence-corrected chi connectivity index (χ0v) is 15.9. The molecule has 2 aromatic carbocycles. The Hall–Kier alpha value is -1.98. The van der Waals surface area contributed by atoms with E-state index in [1.807, 2.05) is 37.3 Å². The van der Waals surface area contributed by atoms with Gasteiger partial charge in [0.2, 0.25) is 0 Å². The number of hydrogen-bond acceptors (Lipinski definition) is 3. The van der Waals surface area contributed by atoms with Gasteiger partial charge in [-0.1, -0.05) is 42.5 Å². The molecule has 0 radical (unpaired) electrons. The van der Waals surface area contributed by atoms with Crippen LogP contribution in [0.5, 0.6) is 0 Å². The third-order valence-electron chi connectivity index (χ3n) is 3.92. The molecule has 0 spiro atoms. The molecule has 0 aliphatic carbocycles. The SMILES string of the molecule is CCNC(=NCc1ccc(SC)cc1)NCC(C)(O)c1ccccc1. The minimum absolute atomic E-state index is 0.383. The monoisotopic (exact) mass is 357 g/mol. The Kier molecular flexibility index (Phi) is 7.34. The quantitative estimate of drug-likeness (QED) is 0.404. The lowest BCUT2D eigenvalue weighted by atomic mass is 9.96. The van der Waals surface area contributed by atoms with E-state index in [4.69, 9.17) is 0 Å². The second-order valence-electron chi connectivity index (χ2n) is 6.04. The molecule has 0 aliphatic rings. The van der Waals surface area contributed by atoms with Crippen LogP contribution in [0.3, 0.4) is 0 Å². The largest absolute Gasteiger partial charge is 0.384 e. The molecule has 0 fully saturated rings. The fourth-order valence-corrected chi connectivity index (χ4v) is 2.81. The number of hydrogen-bond donors (Lipinski definition) is 3. The van der Waals surface area contributed by atoms with E-state index in [9.17, 15) is 5.11 Å². The molecule has 0 bridgehead atoms. The summed E-state index contributed by atoms with van der Waals surface area (Å²) >= 11 is 1.73. The number of nitrogens with one attached hydrogen (secondary N) is 2. The molecule has 1 atom stereocenters. The molecular formula is C20H27N3OS. The molecule has 2 aromatic rings. The maximum atomic E-state index is 10.7. The predicted octanol–water partition coefficient (Wildman–Crippen LogP) is 3.37. The van der Waals surface area contributed by atoms with Crippen molar-refractivity contribution >= 4 is 17.7 Å². The number of benzene rings is 2. The maximum Gasteiger partial charge on any atom is 0.191 e. The van der Waals surface area contributed by atoms with Gasteiger partial charge in [0.15, 0.2) is 5.96 Å². The molecule has 0 heterocycles. The molecule has 0 aromatic heterocycles. The molecule has 2 rings (SSSR count). The Morgan fingerprint density at radius 2 is 1.76 bits per heavy atom. The van der Waals surface area contributed by atoms with Gasteiger partial charge in [0.25, 0.3) is 0 Å². The molecule has 0 saturated carbocycles. The lowest BCUT2D eigenvalue weighted by Gasteiger charge is -2.25. The molecule has 0 saturated heterocycles. The summed E-state index contributed by atoms with van der Waals surface area (Å²) < 4.78 is 0. The fraction of sp³-hybridized carbons (Fsp3) is 0.350. The molecule has 134 valence electrons. The zero-order chi connectivity index (χ0) is 18.1. The molecule has 3 N–H and O–H groups in total. The van der Waals surface area contributed by atoms with E-state index >= 15 is 0 Å². The van der Waals surface area contributed by atoms with Crippen molar-refractivity contribution in [2.75, 3.05) is 19.3 Å². The van der Waals surface area contributed by atoms with Crippen LogP contribution in [0.1, 0.15) is 25.0 Å². The normalized spacial score (nSPS) is 14.0. The first kappa shape index (κ1) is 19.3. The fourth-order valence-electron chi connectivity index (χ4n) is 2.40. The third kappa shape index (κ3) is 6.11. The topological polar surface area (TPSA) is 56.7 Å². The van der Waals surface area contributed by atoms with E-state index in [2.05, 4.69) is 46.1 Å². The van der Waals surface area contributed by atoms with Crippen molar-refractivity contribution in [3.63, 3.8) is 0 Å². The Morgan fingerprint density at radius 1 is 1.08 bits per heavy atom. The van der Waals surface area contributed by atoms with Gasteiger partial charge in [-0.05, 0) is 43.4 Å². The van der Waals surface area contributed by atoms with Crippen LogP contribution in [0.4, 0.5) is 0 Å². The average molecular weight is 358 g/mol. The lowest BCUT2D eigenvalue weighted by Crippen LogP contribution is -2.44. The van der Waals surface area contributed by atoms with Gasteiger partial charge in [-0.2, -0.15) is 0 Å². The number of nitrogens with zero attached hydrogens (tertiary/aromatic N) is 1. The van der Waals surface area contributed by atoms with Crippen molar-refractivity contribution in [3.05, 3.63) is 65.7 Å². The van der Waals surface area contributed by atoms with Crippen molar-refractivity contribution in [3.8, 4) is 0 Å². The van der Waals surface area contributed by atoms with Crippen LogP contribution >= 0.6 is 11.8 Å². The molecule has 5 heteroatoms. The summed E-state index contributed by atoms with van der Waals surface area (Å²) in [5, 5.41) is 17.2. The van der Waals surface area contributed by atoms with Crippen molar-refractivity contribution < 1.29 is 5.11 Å². The van der Waals surface area contributed by atoms with Crippen LogP contribution in [0.2, 0.25) is 0 Å². The van der Waals surface area contributed by atoms with E-state index in [0.717, 1.165) is 17.7 Å². The van der Waals surface area contributed by atoms with Gasteiger partial charge in [-0.25, -0.2) is 4.99 Å². The Bertz CT molecular complexity index is 669. The second-order valence-corrected chi connectivity index (χ2v) is 6.92. The van der Waals surface area contributed by atoms with Gasteiger partial charge in [-0.15, -0.1) is 11.8 Å². The van der Waals surface area contributed by atoms with Gasteiger partial charge in [0, 0.05) is 11.4 Å². The van der Waals surface area contributed by atoms with Crippen LogP contribution in [-0.4, -0.2) is 30.4 Å². The van der Waals surface area contributed by atoms with Crippen LogP contribution in [0.25, 0.3) is 0 Å². The molecular weight excluding hydrogens is 330 g/mol. The highest BCUT2D eigenvalue weighted by atomic mass is 32.2. The highest BCUT2D eigenvalue weighted by Gasteiger charge is 2.22. The predicted molar refractivity (Wildman–Crippen MR) is 107 cm³/mol. The van der Waals surface area contributed by atoms with Crippen LogP contribution in [-0.2, 0) is 12.1 Å². The summed E-state index contributed by atoms with van der Waals surface area (Å²) in [6, 6.07) is 18.1. The standard InChI is InChI=1S/C20H27N3OS/c1-4-21-19(22-14-16-10-12-18(25-3)13-11-16)23-15-20(2,24)17-8-6-5-7-9-17/h5-13,24H,4,14-15H2,1-3H3,(H2,21,22,23). The minimum Gasteiger partial charge on any atom is -0.384 e. The summed E-state index contributed by atoms with van der Waals surface area (Å²) in [7, 11) is 0. The number of aliphatic hydroxyl groups is 1. The lowest BCUT2D eigenvalue weighted by molar-refractivity contribution is 0.0617. The summed E-state index contributed by atoms with van der Waals surface area (Å²) in [5.74, 6) is 0.702. The highest BCUT2D eigenvalue weighted by molar-refractivity contribution is 7.98. The Balaban J connectivity index is 1.99. The Morgan fingerprint density at radius 3 is 2.36 bits per heavy atom. The van der Waals surface area contributed by atoms with Gasteiger partial charge < -0.3 is 15.7 Å². The molecule has 25 heavy (non-hydrogen) atoms. The smallest absolute Gasteiger partial charge is 0.191 e. The van der Waals surface area contributed by atoms with Gasteiger partial charge in [-0.3, -0.25) is 0 Å². The molecule has 0 amide bonds. The first-order chi connectivity index (χ1) is 12.0. The average Bonchev–Trinajstić information content (AvgIpc) is 2.65. The van der Waals surface area contributed by atoms with Crippen molar-refractivity contribution in [1.82, 2.24) is 10.6 Å². The van der Waals surface area contributed by atoms with Gasteiger partial charge in [0.05, 0.1) is 13.1 Å². The van der Waals surface area contributed by atoms with Crippen molar-refractivity contribution in [2.24, 2.45) is 4.99 Å². The second kappa shape index (κ2) is 9.49. The summed E-state index contributed by atoms with van der Waals surface area (Å²) in [6.07, 6.45) is 2.07. The van der Waals surface area contributed by atoms with E-state index in [0.29, 0.717) is 19.0 Å². The maximum absolute atomic E-state index is 10.7. The molecule has 0 aliphatic heterocycles. The van der Waals surface area contributed by atoms with E-state index in [-0.39, 0.29) is 0 Å². The molecule has 1 unspecified atom stereocenters. The number of guanidine groups is 1. The number of aliphatic imine (C=N–C) groups is 1. The van der Waals surface area contributed by atoms with E-state index in [1.54, 1.807) is 18.7 Å². The Labute approximate surface area is 154 Å². The van der Waals surface area contributed by atoms with E-state index < -0.39 is 5.60 Å². The zero-order valence-electron chi connectivity index (χ0n) is 15.1. The minimum atomic E-state index is -0.961. The van der Waals surface area contributed by atoms with Crippen LogP contribution in [0.15, 0.2) is 64.5 Å². The first-order valence-corrected chi connectivity index (χ1v) is 9.70. The van der Waals surface area contributed by atoms with Crippen molar-refractivity contribution in [2.45, 2.75) is 30.9 Å². The number of thioether (sulfide) groups is 1. The van der Waals surface area contributed by atoms with Crippen molar-refractivity contribution in [1.29, 1.82) is 0 Å². The summed E-state index contributed by atoms with van der Waals surface area (Å²) in [4.78, 5) is 5.86. The van der Waals surface area contributed by atoms with E-state index in [1.165, 1.54) is 4.90 Å². The summed E-state index contributed by atoms with van der Waals surface area (Å²) in [5.41, 5.74) is 1.08. The van der Waals surface area contributed by atoms with Crippen LogP contribution in [0, 0.1) is 0 Å². The van der Waals surface area contributed by atoms with Gasteiger partial charge in [0.1, 0.15) is 5.60 Å². The highest BCUT2D eigenvalue weighted by Crippen LogP contribution is 2.19. The van der Waals surface area contributed by atoms with Gasteiger partial charge >= 0.3 is 0 Å².